The molecule has 5 rings (SSSR count). The van der Waals surface area contributed by atoms with Crippen LogP contribution in [0.2, 0.25) is 0 Å². The van der Waals surface area contributed by atoms with Gasteiger partial charge >= 0.3 is 0 Å². The summed E-state index contributed by atoms with van der Waals surface area (Å²) in [4.78, 5) is 12.7. The smallest absolute Gasteiger partial charge is 0.136 e. The molecule has 0 aromatic carbocycles. The zero-order chi connectivity index (χ0) is 24.2. The van der Waals surface area contributed by atoms with Crippen LogP contribution in [0.15, 0.2) is 0 Å². The van der Waals surface area contributed by atoms with Gasteiger partial charge in [0.2, 0.25) is 0 Å². The highest BCUT2D eigenvalue weighted by Crippen LogP contribution is 2.78. The second-order valence-electron chi connectivity index (χ2n) is 15.2. The van der Waals surface area contributed by atoms with Gasteiger partial charge in [-0.05, 0) is 103 Å². The van der Waals surface area contributed by atoms with Gasteiger partial charge in [0.1, 0.15) is 5.78 Å². The fourth-order valence-electron chi connectivity index (χ4n) is 11.3. The first kappa shape index (κ1) is 24.3. The lowest BCUT2D eigenvalue weighted by Crippen LogP contribution is -2.72. The van der Waals surface area contributed by atoms with Crippen molar-refractivity contribution in [3.05, 3.63) is 0 Å². The Morgan fingerprint density at radius 1 is 0.818 bits per heavy atom. The van der Waals surface area contributed by atoms with Crippen molar-refractivity contribution in [1.82, 2.24) is 0 Å². The molecule has 5 fully saturated rings. The van der Waals surface area contributed by atoms with Crippen LogP contribution in [0.25, 0.3) is 0 Å². The van der Waals surface area contributed by atoms with Crippen molar-refractivity contribution in [2.45, 2.75) is 119 Å². The Labute approximate surface area is 202 Å². The molecule has 2 N–H and O–H groups in total. The molecule has 0 radical (unpaired) electrons. The normalized spacial score (nSPS) is 60.9. The summed E-state index contributed by atoms with van der Waals surface area (Å²) < 4.78 is 0. The molecule has 3 nitrogen and oxygen atoms in total. The molecule has 5 aliphatic carbocycles. The Morgan fingerprint density at radius 3 is 2.15 bits per heavy atom. The highest BCUT2D eigenvalue weighted by Gasteiger charge is 2.73. The molecule has 0 aromatic rings. The minimum absolute atomic E-state index is 0.0177. The summed E-state index contributed by atoms with van der Waals surface area (Å²) in [5, 5.41) is 22.5. The molecule has 0 heterocycles. The highest BCUT2D eigenvalue weighted by atomic mass is 16.3. The van der Waals surface area contributed by atoms with Crippen molar-refractivity contribution in [1.29, 1.82) is 0 Å². The number of aliphatic hydroxyl groups is 2. The number of hydrogen-bond acceptors (Lipinski definition) is 3. The molecule has 1 unspecified atom stereocenters. The van der Waals surface area contributed by atoms with Crippen LogP contribution >= 0.6 is 0 Å². The quantitative estimate of drug-likeness (QED) is 0.478. The van der Waals surface area contributed by atoms with Crippen molar-refractivity contribution < 1.29 is 15.0 Å². The second kappa shape index (κ2) is 7.09. The summed E-state index contributed by atoms with van der Waals surface area (Å²) in [6.45, 7) is 17.1. The van der Waals surface area contributed by atoms with Gasteiger partial charge in [-0.1, -0.05) is 48.5 Å². The summed E-state index contributed by atoms with van der Waals surface area (Å²) in [5.41, 5.74) is 0.406. The van der Waals surface area contributed by atoms with E-state index in [1.54, 1.807) is 0 Å². The van der Waals surface area contributed by atoms with Gasteiger partial charge in [0.15, 0.2) is 0 Å². The lowest BCUT2D eigenvalue weighted by Gasteiger charge is -2.75. The zero-order valence-corrected chi connectivity index (χ0v) is 22.5. The molecule has 11 atom stereocenters. The van der Waals surface area contributed by atoms with E-state index in [4.69, 9.17) is 0 Å². The molecule has 0 bridgehead atoms. The average Bonchev–Trinajstić information content (AvgIpc) is 2.75. The largest absolute Gasteiger partial charge is 0.396 e. The fourth-order valence-corrected chi connectivity index (χ4v) is 11.3. The number of aliphatic hydroxyl groups excluding tert-OH is 2. The number of rotatable bonds is 1. The number of carbonyl (C=O) groups excluding carboxylic acids is 1. The minimum Gasteiger partial charge on any atom is -0.396 e. The van der Waals surface area contributed by atoms with E-state index < -0.39 is 0 Å². The van der Waals surface area contributed by atoms with E-state index in [1.165, 1.54) is 25.7 Å². The standard InChI is InChI=1S/C30H50O3/c1-19-20(32)8-9-21-27(19,4)11-10-22-28(21,5)17-24(33)30(7)23-16-25(2,18-31)12-13-26(23,3)14-15-29(22,30)6/h19,21-24,31,33H,8-18H2,1-7H3/t19-,21+,22?,23+,24-,25+,26+,27+,28-,29+,30+/m0/s1. The van der Waals surface area contributed by atoms with E-state index in [-0.39, 0.29) is 51.1 Å². The first-order valence-corrected chi connectivity index (χ1v) is 14.0. The number of Topliss-reactive ketones (excluding diaryl/α,β-unsaturated/α-hetero) is 1. The van der Waals surface area contributed by atoms with E-state index in [0.717, 1.165) is 38.5 Å². The Kier molecular flexibility index (Phi) is 5.22. The summed E-state index contributed by atoms with van der Waals surface area (Å²) in [5.74, 6) is 2.18. The number of ketones is 1. The molecule has 5 saturated carbocycles. The molecule has 0 spiro atoms. The Hall–Kier alpha value is -0.410. The molecular weight excluding hydrogens is 408 g/mol. The average molecular weight is 459 g/mol. The first-order chi connectivity index (χ1) is 15.2. The van der Waals surface area contributed by atoms with E-state index in [2.05, 4.69) is 48.5 Å². The van der Waals surface area contributed by atoms with Crippen LogP contribution in [-0.2, 0) is 4.79 Å². The molecule has 3 heteroatoms. The van der Waals surface area contributed by atoms with Gasteiger partial charge in [-0.15, -0.1) is 0 Å². The van der Waals surface area contributed by atoms with Crippen LogP contribution in [0.3, 0.4) is 0 Å². The predicted molar refractivity (Wildman–Crippen MR) is 133 cm³/mol. The third kappa shape index (κ3) is 2.85. The van der Waals surface area contributed by atoms with Crippen LogP contribution in [0, 0.1) is 56.2 Å². The van der Waals surface area contributed by atoms with E-state index in [1.807, 2.05) is 0 Å². The van der Waals surface area contributed by atoms with Crippen LogP contribution in [0.1, 0.15) is 113 Å². The Balaban J connectivity index is 1.58. The third-order valence-corrected chi connectivity index (χ3v) is 14.0. The predicted octanol–water partition coefficient (Wildman–Crippen LogP) is 6.40. The van der Waals surface area contributed by atoms with Crippen molar-refractivity contribution in [2.24, 2.45) is 56.2 Å². The molecule has 5 aliphatic rings. The Morgan fingerprint density at radius 2 is 1.48 bits per heavy atom. The summed E-state index contributed by atoms with van der Waals surface area (Å²) in [7, 11) is 0. The second-order valence-corrected chi connectivity index (χ2v) is 15.2. The van der Waals surface area contributed by atoms with Gasteiger partial charge in [-0.25, -0.2) is 0 Å². The first-order valence-electron chi connectivity index (χ1n) is 14.0. The molecule has 33 heavy (non-hydrogen) atoms. The van der Waals surface area contributed by atoms with Crippen molar-refractivity contribution >= 4 is 5.78 Å². The molecule has 0 saturated heterocycles. The van der Waals surface area contributed by atoms with Gasteiger partial charge in [0, 0.05) is 24.4 Å². The maximum atomic E-state index is 12.7. The van der Waals surface area contributed by atoms with Crippen LogP contribution in [-0.4, -0.2) is 28.7 Å². The van der Waals surface area contributed by atoms with E-state index in [9.17, 15) is 15.0 Å². The molecule has 0 aromatic heterocycles. The van der Waals surface area contributed by atoms with Crippen molar-refractivity contribution in [3.8, 4) is 0 Å². The number of carbonyl (C=O) groups is 1. The molecule has 0 amide bonds. The van der Waals surface area contributed by atoms with Crippen LogP contribution in [0.5, 0.6) is 0 Å². The van der Waals surface area contributed by atoms with Gasteiger partial charge in [-0.2, -0.15) is 0 Å². The lowest BCUT2D eigenvalue weighted by atomic mass is 9.29. The zero-order valence-electron chi connectivity index (χ0n) is 22.5. The number of hydrogen-bond donors (Lipinski definition) is 2. The topological polar surface area (TPSA) is 57.5 Å². The lowest BCUT2D eigenvalue weighted by molar-refractivity contribution is -0.294. The highest BCUT2D eigenvalue weighted by molar-refractivity contribution is 5.82. The van der Waals surface area contributed by atoms with Gasteiger partial charge in [0.25, 0.3) is 0 Å². The maximum Gasteiger partial charge on any atom is 0.136 e. The van der Waals surface area contributed by atoms with Crippen LogP contribution < -0.4 is 0 Å². The van der Waals surface area contributed by atoms with Gasteiger partial charge in [0.05, 0.1) is 6.10 Å². The van der Waals surface area contributed by atoms with Gasteiger partial charge in [-0.3, -0.25) is 4.79 Å². The summed E-state index contributed by atoms with van der Waals surface area (Å²) in [6, 6.07) is 0. The monoisotopic (exact) mass is 458 g/mol. The summed E-state index contributed by atoms with van der Waals surface area (Å²) >= 11 is 0. The summed E-state index contributed by atoms with van der Waals surface area (Å²) in [6.07, 6.45) is 10.4. The molecule has 188 valence electrons. The van der Waals surface area contributed by atoms with Crippen LogP contribution in [0.4, 0.5) is 0 Å². The Bertz CT molecular complexity index is 838. The number of fused-ring (bicyclic) bond motifs is 7. The molecule has 0 aliphatic heterocycles. The molecular formula is C30H50O3. The fraction of sp³-hybridized carbons (Fsp3) is 0.967. The van der Waals surface area contributed by atoms with E-state index >= 15 is 0 Å². The van der Waals surface area contributed by atoms with Crippen molar-refractivity contribution in [3.63, 3.8) is 0 Å². The van der Waals surface area contributed by atoms with E-state index in [0.29, 0.717) is 23.5 Å². The van der Waals surface area contributed by atoms with Crippen molar-refractivity contribution in [2.75, 3.05) is 6.61 Å². The maximum absolute atomic E-state index is 12.7. The van der Waals surface area contributed by atoms with Gasteiger partial charge < -0.3 is 10.2 Å². The third-order valence-electron chi connectivity index (χ3n) is 14.0. The SMILES string of the molecule is C[C@H]1C(=O)CC[C@@H]2[C@]1(C)CCC1[C@@]2(C)C[C@H](O)[C@@]2(C)[C@@H]3C[C@](C)(CO)CC[C@]3(C)CC[C@]12C. The minimum atomic E-state index is -0.315.